The largest absolute Gasteiger partial charge is 0.484 e. The van der Waals surface area contributed by atoms with E-state index in [1.54, 1.807) is 6.07 Å². The number of nitrogens with zero attached hydrogens (tertiary/aromatic N) is 1. The Kier molecular flexibility index (Phi) is 6.04. The van der Waals surface area contributed by atoms with E-state index >= 15 is 0 Å². The highest BCUT2D eigenvalue weighted by Crippen LogP contribution is 2.16. The molecular weight excluding hydrogens is 387 g/mol. The second kappa shape index (κ2) is 8.45. The molecule has 0 spiro atoms. The van der Waals surface area contributed by atoms with Gasteiger partial charge in [0, 0.05) is 10.0 Å². The number of halogens is 2. The molecule has 1 amide bonds. The first-order chi connectivity index (χ1) is 12.1. The van der Waals surface area contributed by atoms with Gasteiger partial charge in [-0.1, -0.05) is 34.1 Å². The Morgan fingerprint density at radius 3 is 2.48 bits per heavy atom. The van der Waals surface area contributed by atoms with Crippen molar-refractivity contribution in [3.05, 3.63) is 64.4 Å². The van der Waals surface area contributed by atoms with Crippen LogP contribution in [0, 0.1) is 5.82 Å². The summed E-state index contributed by atoms with van der Waals surface area (Å²) in [6.45, 7) is 3.68. The highest BCUT2D eigenvalue weighted by atomic mass is 79.9. The zero-order valence-electron chi connectivity index (χ0n) is 13.9. The van der Waals surface area contributed by atoms with Crippen LogP contribution in [0.25, 0.3) is 0 Å². The lowest BCUT2D eigenvalue weighted by molar-refractivity contribution is -0.917. The fourth-order valence-electron chi connectivity index (χ4n) is 2.93. The third-order valence-corrected chi connectivity index (χ3v) is 4.93. The van der Waals surface area contributed by atoms with Gasteiger partial charge in [-0.15, -0.1) is 0 Å². The number of ether oxygens (including phenoxy) is 1. The van der Waals surface area contributed by atoms with Gasteiger partial charge in [0.05, 0.1) is 26.2 Å². The van der Waals surface area contributed by atoms with Crippen LogP contribution < -0.4 is 9.64 Å². The lowest BCUT2D eigenvalue weighted by Gasteiger charge is -2.32. The summed E-state index contributed by atoms with van der Waals surface area (Å²) in [4.78, 5) is 15.4. The normalized spacial score (nSPS) is 15.2. The first kappa shape index (κ1) is 17.9. The quantitative estimate of drug-likeness (QED) is 0.820. The second-order valence-corrected chi connectivity index (χ2v) is 7.06. The van der Waals surface area contributed by atoms with E-state index in [1.165, 1.54) is 11.0 Å². The Morgan fingerprint density at radius 2 is 1.80 bits per heavy atom. The summed E-state index contributed by atoms with van der Waals surface area (Å²) in [6.07, 6.45) is 0. The monoisotopic (exact) mass is 407 g/mol. The van der Waals surface area contributed by atoms with Crippen molar-refractivity contribution >= 4 is 21.8 Å². The number of piperazine rings is 1. The van der Waals surface area contributed by atoms with Crippen molar-refractivity contribution in [2.75, 3.05) is 32.8 Å². The van der Waals surface area contributed by atoms with E-state index in [9.17, 15) is 9.18 Å². The summed E-state index contributed by atoms with van der Waals surface area (Å²) in [6, 6.07) is 14.3. The van der Waals surface area contributed by atoms with E-state index in [-0.39, 0.29) is 18.3 Å². The van der Waals surface area contributed by atoms with Crippen LogP contribution in [0.15, 0.2) is 53.0 Å². The van der Waals surface area contributed by atoms with Crippen molar-refractivity contribution in [2.45, 2.75) is 6.54 Å². The van der Waals surface area contributed by atoms with Crippen LogP contribution in [0.3, 0.4) is 0 Å². The van der Waals surface area contributed by atoms with Crippen molar-refractivity contribution < 1.29 is 18.8 Å². The molecule has 4 nitrogen and oxygen atoms in total. The Balaban J connectivity index is 1.44. The maximum absolute atomic E-state index is 13.7. The van der Waals surface area contributed by atoms with E-state index in [1.807, 2.05) is 41.3 Å². The number of quaternary nitrogens is 1. The van der Waals surface area contributed by atoms with Crippen molar-refractivity contribution in [3.8, 4) is 5.75 Å². The Morgan fingerprint density at radius 1 is 1.12 bits per heavy atom. The van der Waals surface area contributed by atoms with Gasteiger partial charge in [-0.25, -0.2) is 4.39 Å². The van der Waals surface area contributed by atoms with E-state index in [0.29, 0.717) is 25.4 Å². The molecule has 1 fully saturated rings. The molecule has 0 atom stereocenters. The number of amides is 1. The average Bonchev–Trinajstić information content (AvgIpc) is 2.63. The van der Waals surface area contributed by atoms with Gasteiger partial charge in [0.25, 0.3) is 5.91 Å². The van der Waals surface area contributed by atoms with Crippen molar-refractivity contribution in [2.24, 2.45) is 0 Å². The fourth-order valence-corrected chi connectivity index (χ4v) is 3.19. The van der Waals surface area contributed by atoms with Gasteiger partial charge in [-0.05, 0) is 30.3 Å². The minimum atomic E-state index is -0.156. The van der Waals surface area contributed by atoms with Gasteiger partial charge < -0.3 is 14.5 Å². The third kappa shape index (κ3) is 5.03. The lowest BCUT2D eigenvalue weighted by Crippen LogP contribution is -3.13. The predicted octanol–water partition coefficient (Wildman–Crippen LogP) is 1.89. The number of nitrogens with one attached hydrogen (secondary N) is 1. The molecule has 2 aromatic carbocycles. The topological polar surface area (TPSA) is 34.0 Å². The van der Waals surface area contributed by atoms with Crippen LogP contribution in [-0.2, 0) is 11.3 Å². The maximum Gasteiger partial charge on any atom is 0.260 e. The van der Waals surface area contributed by atoms with E-state index in [4.69, 9.17) is 4.74 Å². The lowest BCUT2D eigenvalue weighted by atomic mass is 10.2. The van der Waals surface area contributed by atoms with E-state index in [2.05, 4.69) is 15.9 Å². The van der Waals surface area contributed by atoms with E-state index < -0.39 is 0 Å². The molecule has 0 saturated carbocycles. The minimum Gasteiger partial charge on any atom is -0.484 e. The van der Waals surface area contributed by atoms with Gasteiger partial charge in [0.15, 0.2) is 6.61 Å². The van der Waals surface area contributed by atoms with Gasteiger partial charge in [0.2, 0.25) is 0 Å². The Labute approximate surface area is 155 Å². The van der Waals surface area contributed by atoms with Crippen molar-refractivity contribution in [1.82, 2.24) is 4.90 Å². The summed E-state index contributed by atoms with van der Waals surface area (Å²) < 4.78 is 20.3. The maximum atomic E-state index is 13.7. The standard InChI is InChI=1S/C19H20BrFN2O2/c20-16-5-7-17(8-6-16)25-14-19(24)23-11-9-22(10-12-23)13-15-3-1-2-4-18(15)21/h1-8H,9-14H2/p+1. The highest BCUT2D eigenvalue weighted by Gasteiger charge is 2.24. The molecule has 0 unspecified atom stereocenters. The molecule has 25 heavy (non-hydrogen) atoms. The molecule has 6 heteroatoms. The molecule has 3 rings (SSSR count). The first-order valence-electron chi connectivity index (χ1n) is 8.35. The van der Waals surface area contributed by atoms with Gasteiger partial charge in [-0.3, -0.25) is 4.79 Å². The van der Waals surface area contributed by atoms with Crippen LogP contribution in [0.1, 0.15) is 5.56 Å². The Hall–Kier alpha value is -1.92. The third-order valence-electron chi connectivity index (χ3n) is 4.40. The van der Waals surface area contributed by atoms with E-state index in [0.717, 1.165) is 23.1 Å². The summed E-state index contributed by atoms with van der Waals surface area (Å²) >= 11 is 3.37. The van der Waals surface area contributed by atoms with Crippen LogP contribution >= 0.6 is 15.9 Å². The minimum absolute atomic E-state index is 0.00661. The fraction of sp³-hybridized carbons (Fsp3) is 0.316. The highest BCUT2D eigenvalue weighted by molar-refractivity contribution is 9.10. The molecule has 2 aromatic rings. The molecule has 0 radical (unpaired) electrons. The second-order valence-electron chi connectivity index (χ2n) is 6.14. The molecule has 1 aliphatic rings. The molecule has 1 N–H and O–H groups in total. The zero-order chi connectivity index (χ0) is 17.6. The summed E-state index contributed by atoms with van der Waals surface area (Å²) in [5, 5.41) is 0. The molecule has 1 saturated heterocycles. The molecule has 1 heterocycles. The number of benzene rings is 2. The zero-order valence-corrected chi connectivity index (χ0v) is 15.5. The number of carbonyl (C=O) groups is 1. The smallest absolute Gasteiger partial charge is 0.260 e. The molecular formula is C19H21BrFN2O2+. The van der Waals surface area contributed by atoms with Crippen molar-refractivity contribution in [1.29, 1.82) is 0 Å². The summed E-state index contributed by atoms with van der Waals surface area (Å²) in [5.74, 6) is 0.518. The average molecular weight is 408 g/mol. The predicted molar refractivity (Wildman–Crippen MR) is 97.0 cm³/mol. The molecule has 132 valence electrons. The molecule has 0 aromatic heterocycles. The van der Waals surface area contributed by atoms with Gasteiger partial charge in [0.1, 0.15) is 18.1 Å². The first-order valence-corrected chi connectivity index (χ1v) is 9.14. The SMILES string of the molecule is O=C(COc1ccc(Br)cc1)N1CC[NH+](Cc2ccccc2F)CC1. The number of hydrogen-bond acceptors (Lipinski definition) is 2. The van der Waals surface area contributed by atoms with Gasteiger partial charge >= 0.3 is 0 Å². The van der Waals surface area contributed by atoms with Crippen molar-refractivity contribution in [3.63, 3.8) is 0 Å². The van der Waals surface area contributed by atoms with Crippen LogP contribution in [0.4, 0.5) is 4.39 Å². The Bertz CT molecular complexity index is 716. The number of carbonyl (C=O) groups excluding carboxylic acids is 1. The number of rotatable bonds is 5. The molecule has 0 aliphatic carbocycles. The molecule has 0 bridgehead atoms. The summed E-state index contributed by atoms with van der Waals surface area (Å²) in [5.41, 5.74) is 0.732. The summed E-state index contributed by atoms with van der Waals surface area (Å²) in [7, 11) is 0. The number of hydrogen-bond donors (Lipinski definition) is 1. The van der Waals surface area contributed by atoms with Crippen LogP contribution in [-0.4, -0.2) is 43.6 Å². The van der Waals surface area contributed by atoms with Crippen LogP contribution in [0.2, 0.25) is 0 Å². The van der Waals surface area contributed by atoms with Crippen LogP contribution in [0.5, 0.6) is 5.75 Å². The molecule has 1 aliphatic heterocycles. The van der Waals surface area contributed by atoms with Gasteiger partial charge in [-0.2, -0.15) is 0 Å².